The summed E-state index contributed by atoms with van der Waals surface area (Å²) in [6.45, 7) is 1.84. The highest BCUT2D eigenvalue weighted by Gasteiger charge is 2.26. The summed E-state index contributed by atoms with van der Waals surface area (Å²) < 4.78 is 0. The lowest BCUT2D eigenvalue weighted by Gasteiger charge is -2.15. The van der Waals surface area contributed by atoms with Gasteiger partial charge in [-0.25, -0.2) is 4.98 Å². The van der Waals surface area contributed by atoms with Crippen LogP contribution < -0.4 is 16.0 Å². The van der Waals surface area contributed by atoms with Gasteiger partial charge in [0.15, 0.2) is 0 Å². The van der Waals surface area contributed by atoms with E-state index in [1.54, 1.807) is 18.4 Å². The van der Waals surface area contributed by atoms with E-state index < -0.39 is 0 Å². The molecule has 6 nitrogen and oxygen atoms in total. The Labute approximate surface area is 121 Å². The molecule has 1 aliphatic rings. The van der Waals surface area contributed by atoms with Crippen molar-refractivity contribution in [3.63, 3.8) is 0 Å². The monoisotopic (exact) mass is 291 g/mol. The zero-order valence-corrected chi connectivity index (χ0v) is 12.3. The Kier molecular flexibility index (Phi) is 3.43. The molecule has 106 valence electrons. The second kappa shape index (κ2) is 5.24. The molecule has 20 heavy (non-hydrogen) atoms. The van der Waals surface area contributed by atoms with E-state index in [2.05, 4.69) is 25.9 Å². The number of amides is 1. The van der Waals surface area contributed by atoms with Crippen LogP contribution in [0.4, 0.5) is 11.8 Å². The van der Waals surface area contributed by atoms with Gasteiger partial charge >= 0.3 is 0 Å². The lowest BCUT2D eigenvalue weighted by molar-refractivity contribution is -0.121. The number of aromatic nitrogens is 2. The molecule has 0 aliphatic heterocycles. The molecule has 0 aromatic carbocycles. The van der Waals surface area contributed by atoms with Gasteiger partial charge in [-0.3, -0.25) is 4.79 Å². The Morgan fingerprint density at radius 3 is 2.95 bits per heavy atom. The van der Waals surface area contributed by atoms with Crippen LogP contribution in [-0.2, 0) is 4.79 Å². The summed E-state index contributed by atoms with van der Waals surface area (Å²) in [6.07, 6.45) is 2.18. The molecule has 0 radical (unpaired) electrons. The van der Waals surface area contributed by atoms with E-state index in [0.29, 0.717) is 17.8 Å². The lowest BCUT2D eigenvalue weighted by Crippen LogP contribution is -2.38. The van der Waals surface area contributed by atoms with Crippen LogP contribution in [0, 0.1) is 0 Å². The van der Waals surface area contributed by atoms with Crippen LogP contribution >= 0.6 is 11.3 Å². The van der Waals surface area contributed by atoms with E-state index in [0.717, 1.165) is 23.1 Å². The fourth-order valence-electron chi connectivity index (χ4n) is 1.90. The summed E-state index contributed by atoms with van der Waals surface area (Å²) in [5.41, 5.74) is 0. The molecule has 2 aromatic rings. The zero-order valence-electron chi connectivity index (χ0n) is 11.4. The third kappa shape index (κ3) is 2.67. The van der Waals surface area contributed by atoms with Crippen LogP contribution in [0.15, 0.2) is 11.4 Å². The van der Waals surface area contributed by atoms with Crippen molar-refractivity contribution in [3.05, 3.63) is 11.4 Å². The van der Waals surface area contributed by atoms with Crippen LogP contribution in [0.3, 0.4) is 0 Å². The SMILES string of the molecule is CNc1nc(NC(C)C(=O)NC2CC2)c2ccsc2n1. The highest BCUT2D eigenvalue weighted by Crippen LogP contribution is 2.27. The van der Waals surface area contributed by atoms with Crippen molar-refractivity contribution in [2.24, 2.45) is 0 Å². The number of rotatable bonds is 5. The number of thiophene rings is 1. The molecule has 7 heteroatoms. The van der Waals surface area contributed by atoms with Crippen LogP contribution in [-0.4, -0.2) is 35.0 Å². The van der Waals surface area contributed by atoms with Gasteiger partial charge in [0.05, 0.1) is 5.39 Å². The van der Waals surface area contributed by atoms with E-state index >= 15 is 0 Å². The first-order valence-electron chi connectivity index (χ1n) is 6.67. The smallest absolute Gasteiger partial charge is 0.242 e. The molecule has 0 saturated heterocycles. The van der Waals surface area contributed by atoms with E-state index in [-0.39, 0.29) is 11.9 Å². The number of carbonyl (C=O) groups excluding carboxylic acids is 1. The van der Waals surface area contributed by atoms with Gasteiger partial charge in [0.25, 0.3) is 0 Å². The van der Waals surface area contributed by atoms with Crippen LogP contribution in [0.1, 0.15) is 19.8 Å². The second-order valence-electron chi connectivity index (χ2n) is 4.93. The Morgan fingerprint density at radius 2 is 2.25 bits per heavy atom. The molecule has 1 amide bonds. The van der Waals surface area contributed by atoms with Gasteiger partial charge in [0.2, 0.25) is 11.9 Å². The first-order valence-corrected chi connectivity index (χ1v) is 7.55. The van der Waals surface area contributed by atoms with E-state index in [1.807, 2.05) is 18.4 Å². The van der Waals surface area contributed by atoms with Crippen LogP contribution in [0.2, 0.25) is 0 Å². The fourth-order valence-corrected chi connectivity index (χ4v) is 2.67. The Hall–Kier alpha value is -1.89. The largest absolute Gasteiger partial charge is 0.358 e. The summed E-state index contributed by atoms with van der Waals surface area (Å²) in [4.78, 5) is 21.7. The van der Waals surface area contributed by atoms with Gasteiger partial charge in [0, 0.05) is 13.1 Å². The maximum atomic E-state index is 12.0. The number of nitrogens with zero attached hydrogens (tertiary/aromatic N) is 2. The minimum atomic E-state index is -0.321. The van der Waals surface area contributed by atoms with E-state index in [9.17, 15) is 4.79 Å². The average molecular weight is 291 g/mol. The molecule has 1 fully saturated rings. The quantitative estimate of drug-likeness (QED) is 0.783. The van der Waals surface area contributed by atoms with Crippen molar-refractivity contribution in [1.29, 1.82) is 0 Å². The number of hydrogen-bond acceptors (Lipinski definition) is 6. The molecule has 1 saturated carbocycles. The van der Waals surface area contributed by atoms with Gasteiger partial charge in [-0.1, -0.05) is 0 Å². The Bertz CT molecular complexity index is 637. The van der Waals surface area contributed by atoms with Crippen molar-refractivity contribution in [3.8, 4) is 0 Å². The zero-order chi connectivity index (χ0) is 14.1. The molecule has 1 aliphatic carbocycles. The highest BCUT2D eigenvalue weighted by atomic mass is 32.1. The van der Waals surface area contributed by atoms with Crippen LogP contribution in [0.25, 0.3) is 10.2 Å². The summed E-state index contributed by atoms with van der Waals surface area (Å²) in [6, 6.07) is 2.01. The molecule has 1 unspecified atom stereocenters. The fraction of sp³-hybridized carbons (Fsp3) is 0.462. The number of anilines is 2. The van der Waals surface area contributed by atoms with Crippen molar-refractivity contribution >= 4 is 39.2 Å². The van der Waals surface area contributed by atoms with Gasteiger partial charge in [-0.05, 0) is 31.2 Å². The van der Waals surface area contributed by atoms with Crippen molar-refractivity contribution < 1.29 is 4.79 Å². The summed E-state index contributed by atoms with van der Waals surface area (Å²) >= 11 is 1.56. The first-order chi connectivity index (χ1) is 9.67. The predicted molar refractivity (Wildman–Crippen MR) is 81.2 cm³/mol. The molecule has 3 rings (SSSR count). The molecule has 0 spiro atoms. The average Bonchev–Trinajstić information content (AvgIpc) is 3.12. The number of nitrogens with one attached hydrogen (secondary N) is 3. The molecule has 2 heterocycles. The molecule has 1 atom stereocenters. The highest BCUT2D eigenvalue weighted by molar-refractivity contribution is 7.16. The Morgan fingerprint density at radius 1 is 1.45 bits per heavy atom. The topological polar surface area (TPSA) is 78.9 Å². The van der Waals surface area contributed by atoms with Crippen LogP contribution in [0.5, 0.6) is 0 Å². The third-order valence-electron chi connectivity index (χ3n) is 3.22. The summed E-state index contributed by atoms with van der Waals surface area (Å²) in [5.74, 6) is 1.26. The molecule has 0 bridgehead atoms. The maximum Gasteiger partial charge on any atom is 0.242 e. The van der Waals surface area contributed by atoms with Crippen molar-refractivity contribution in [2.75, 3.05) is 17.7 Å². The summed E-state index contributed by atoms with van der Waals surface area (Å²) in [7, 11) is 1.78. The molecule has 2 aromatic heterocycles. The van der Waals surface area contributed by atoms with Crippen molar-refractivity contribution in [2.45, 2.75) is 31.8 Å². The molecular weight excluding hydrogens is 274 g/mol. The maximum absolute atomic E-state index is 12.0. The second-order valence-corrected chi connectivity index (χ2v) is 5.83. The molecular formula is C13H17N5OS. The van der Waals surface area contributed by atoms with E-state index in [1.165, 1.54) is 0 Å². The van der Waals surface area contributed by atoms with Gasteiger partial charge in [-0.15, -0.1) is 11.3 Å². The number of fused-ring (bicyclic) bond motifs is 1. The minimum absolute atomic E-state index is 0.0144. The normalized spacial score (nSPS) is 15.9. The Balaban J connectivity index is 1.81. The molecule has 3 N–H and O–H groups in total. The standard InChI is InChI=1S/C13H17N5OS/c1-7(11(19)16-8-3-4-8)15-10-9-5-6-20-12(9)18-13(14-2)17-10/h5-8H,3-4H2,1-2H3,(H,16,19)(H2,14,15,17,18). The summed E-state index contributed by atoms with van der Waals surface area (Å²) in [5, 5.41) is 12.0. The third-order valence-corrected chi connectivity index (χ3v) is 4.03. The first kappa shape index (κ1) is 13.1. The van der Waals surface area contributed by atoms with E-state index in [4.69, 9.17) is 0 Å². The van der Waals surface area contributed by atoms with Gasteiger partial charge in [-0.2, -0.15) is 4.98 Å². The number of hydrogen-bond donors (Lipinski definition) is 3. The minimum Gasteiger partial charge on any atom is -0.358 e. The van der Waals surface area contributed by atoms with Crippen molar-refractivity contribution in [1.82, 2.24) is 15.3 Å². The number of carbonyl (C=O) groups is 1. The lowest BCUT2D eigenvalue weighted by atomic mass is 10.3. The van der Waals surface area contributed by atoms with Gasteiger partial charge in [0.1, 0.15) is 16.7 Å². The van der Waals surface area contributed by atoms with Gasteiger partial charge < -0.3 is 16.0 Å². The predicted octanol–water partition coefficient (Wildman–Crippen LogP) is 1.81.